The van der Waals surface area contributed by atoms with Gasteiger partial charge in [0.2, 0.25) is 17.2 Å². The predicted molar refractivity (Wildman–Crippen MR) is 71.8 cm³/mol. The minimum absolute atomic E-state index is 0. The molecule has 0 rings (SSSR count). The van der Waals surface area contributed by atoms with Crippen LogP contribution in [-0.2, 0) is 156 Å². The van der Waals surface area contributed by atoms with Gasteiger partial charge in [-0.25, -0.2) is 19.6 Å². The Bertz CT molecular complexity index is 82.4. The Hall–Kier alpha value is 6.03. The summed E-state index contributed by atoms with van der Waals surface area (Å²) in [6.45, 7) is 0. The summed E-state index contributed by atoms with van der Waals surface area (Å²) >= 11 is 0. The van der Waals surface area contributed by atoms with Crippen molar-refractivity contribution in [2.75, 3.05) is 0 Å². The smallest absolute Gasteiger partial charge is 0.390 e. The standard InChI is InChI=1S/2H4O3P.2H3O3P.5H2O.8Zn/c4*1-4(2)3;;;;;;;;;;;;;/h2*1-4H;2*1-2,4H;5*1H2;;;;;;;;/q2*+1;;;;;;;;;;;;;;;/p-1. The molecule has 0 radical (unpaired) electrons. The van der Waals surface area contributed by atoms with Crippen molar-refractivity contribution < 1.29 is 242 Å². The molecule has 17 nitrogen and oxygen atoms in total. The van der Waals surface area contributed by atoms with Crippen molar-refractivity contribution in [3.05, 3.63) is 0 Å². The second-order valence-electron chi connectivity index (χ2n) is 1.17. The van der Waals surface area contributed by atoms with Gasteiger partial charge in [-0.1, -0.05) is 0 Å². The number of hydrogen-bond donors (Lipinski definition) is 10. The zero-order chi connectivity index (χ0) is 14.3. The Kier molecular flexibility index (Phi) is 491. The van der Waals surface area contributed by atoms with E-state index in [1.54, 1.807) is 0 Å². The Morgan fingerprint density at radius 2 is 0.345 bits per heavy atom. The normalized spacial score (nSPS) is 4.97. The molecule has 0 heterocycles. The third-order valence-corrected chi connectivity index (χ3v) is 0. The summed E-state index contributed by atoms with van der Waals surface area (Å²) in [6.07, 6.45) is 0. The molecule has 0 spiro atoms. The van der Waals surface area contributed by atoms with Crippen LogP contribution in [0.1, 0.15) is 0 Å². The zero-order valence-corrected chi connectivity index (χ0v) is 43.1. The van der Waals surface area contributed by atoms with E-state index in [1.807, 2.05) is 0 Å². The van der Waals surface area contributed by atoms with E-state index in [2.05, 4.69) is 0 Å². The molecule has 0 fully saturated rings. The minimum atomic E-state index is -3.13. The van der Waals surface area contributed by atoms with Crippen molar-refractivity contribution in [2.24, 2.45) is 0 Å². The molecule has 0 aliphatic rings. The quantitative estimate of drug-likeness (QED) is 0.0798. The van der Waals surface area contributed by atoms with Crippen molar-refractivity contribution in [2.45, 2.75) is 0 Å². The first-order chi connectivity index (χ1) is 6.93. The van der Waals surface area contributed by atoms with Crippen molar-refractivity contribution in [3.8, 4) is 0 Å². The van der Waals surface area contributed by atoms with Crippen LogP contribution in [0.3, 0.4) is 0 Å². The van der Waals surface area contributed by atoms with E-state index in [4.69, 9.17) is 58.7 Å². The van der Waals surface area contributed by atoms with Crippen LogP contribution in [0.5, 0.6) is 0 Å². The fourth-order valence-electron chi connectivity index (χ4n) is 0. The Labute approximate surface area is 272 Å². The van der Waals surface area contributed by atoms with Gasteiger partial charge in [-0.05, 0) is 0 Å². The molecule has 0 aromatic carbocycles. The van der Waals surface area contributed by atoms with Gasteiger partial charge in [0.05, 0.1) is 0 Å². The second-order valence-corrected chi connectivity index (χ2v) is 3.50. The minimum Gasteiger partial charge on any atom is -0.870 e. The molecule has 160 valence electrons. The average molecular weight is 942 g/mol. The molecule has 29 heteroatoms. The maximum Gasteiger partial charge on any atom is 0.390 e. The third-order valence-electron chi connectivity index (χ3n) is 0. The first-order valence-electron chi connectivity index (χ1n) is 2.64. The summed E-state index contributed by atoms with van der Waals surface area (Å²) in [5.74, 6) is 0. The van der Waals surface area contributed by atoms with E-state index in [1.165, 1.54) is 0 Å². The summed E-state index contributed by atoms with van der Waals surface area (Å²) in [6, 6.07) is 0. The van der Waals surface area contributed by atoms with Crippen LogP contribution in [-0.4, -0.2) is 76.3 Å². The average Bonchev–Trinajstić information content (AvgIpc) is 1.76. The fraction of sp³-hybridized carbons (Fsp3) is 0. The van der Waals surface area contributed by atoms with Crippen LogP contribution in [0.4, 0.5) is 0 Å². The fourth-order valence-corrected chi connectivity index (χ4v) is 0. The molecule has 0 atom stereocenters. The number of rotatable bonds is 0. The molecular weight excluding hydrogens is 919 g/mol. The van der Waals surface area contributed by atoms with Gasteiger partial charge >= 0.3 is 17.2 Å². The van der Waals surface area contributed by atoms with Gasteiger partial charge in [-0.15, -0.1) is 0 Å². The van der Waals surface area contributed by atoms with Crippen LogP contribution >= 0.6 is 34.4 Å². The largest absolute Gasteiger partial charge is 0.870 e. The monoisotopic (exact) mass is 930 g/mol. The van der Waals surface area contributed by atoms with Crippen LogP contribution in [0.2, 0.25) is 0 Å². The molecule has 0 aliphatic heterocycles. The van der Waals surface area contributed by atoms with Crippen molar-refractivity contribution in [1.82, 2.24) is 0 Å². The molecule has 0 aromatic rings. The third kappa shape index (κ3) is 961. The molecule has 29 heavy (non-hydrogen) atoms. The van der Waals surface area contributed by atoms with E-state index in [0.29, 0.717) is 0 Å². The van der Waals surface area contributed by atoms with Crippen LogP contribution in [0, 0.1) is 0 Å². The maximum absolute atomic E-state index is 8.74. The van der Waals surface area contributed by atoms with Crippen molar-refractivity contribution in [3.63, 3.8) is 0 Å². The summed E-state index contributed by atoms with van der Waals surface area (Å²) in [5, 5.41) is 0. The Morgan fingerprint density at radius 1 is 0.345 bits per heavy atom. The van der Waals surface area contributed by atoms with E-state index in [0.717, 1.165) is 0 Å². The molecule has 0 amide bonds. The molecule has 0 aliphatic carbocycles. The van der Waals surface area contributed by atoms with Crippen LogP contribution in [0.15, 0.2) is 0 Å². The molecule has 0 saturated heterocycles. The molecular formula is H23O17P4Zn8+. The molecule has 0 bridgehead atoms. The van der Waals surface area contributed by atoms with Crippen molar-refractivity contribution >= 4 is 34.4 Å². The SMILES string of the molecule is O.O.O.O.O[PH+](O)O.O[PH+](O)O.[O-][PH+](O)O.[O-][PH+](O)O.[OH-].[Zn].[Zn].[Zn].[Zn].[Zn].[Zn].[Zn].[Zn]. The van der Waals surface area contributed by atoms with E-state index in [9.17, 15) is 0 Å². The predicted octanol–water partition coefficient (Wildman–Crippen LogP) is -9.07. The van der Waals surface area contributed by atoms with Gasteiger partial charge in [-0.3, -0.25) is 0 Å². The molecule has 19 N–H and O–H groups in total. The second kappa shape index (κ2) is 114. The molecule has 0 unspecified atom stereocenters. The Balaban J connectivity index is -0.00000000384. The van der Waals surface area contributed by atoms with Crippen LogP contribution < -0.4 is 9.79 Å². The topological polar surface area (TPSA) is 404 Å². The van der Waals surface area contributed by atoms with Gasteiger partial charge in [0, 0.05) is 156 Å². The van der Waals surface area contributed by atoms with Gasteiger partial charge < -0.3 is 37.2 Å². The maximum atomic E-state index is 8.74. The molecule has 0 saturated carbocycles. The number of hydrogen-bond acceptors (Lipinski definition) is 13. The first-order valence-corrected chi connectivity index (χ1v) is 7.93. The van der Waals surface area contributed by atoms with Crippen molar-refractivity contribution in [1.29, 1.82) is 0 Å². The van der Waals surface area contributed by atoms with Gasteiger partial charge in [0.25, 0.3) is 0 Å². The zero-order valence-electron chi connectivity index (χ0n) is 15.4. The van der Waals surface area contributed by atoms with Gasteiger partial charge in [0.15, 0.2) is 0 Å². The molecule has 0 aromatic heterocycles. The first kappa shape index (κ1) is 125. The summed E-state index contributed by atoms with van der Waals surface area (Å²) in [4.78, 5) is 89.7. The van der Waals surface area contributed by atoms with E-state index < -0.39 is 34.4 Å². The van der Waals surface area contributed by atoms with Crippen LogP contribution in [0.25, 0.3) is 0 Å². The van der Waals surface area contributed by atoms with Gasteiger partial charge in [0.1, 0.15) is 0 Å². The van der Waals surface area contributed by atoms with E-state index >= 15 is 0 Å². The summed E-state index contributed by atoms with van der Waals surface area (Å²) < 4.78 is 0. The van der Waals surface area contributed by atoms with Gasteiger partial charge in [-0.2, -0.15) is 29.4 Å². The summed E-state index contributed by atoms with van der Waals surface area (Å²) in [5.41, 5.74) is 0. The Morgan fingerprint density at radius 3 is 0.345 bits per heavy atom. The summed E-state index contributed by atoms with van der Waals surface area (Å²) in [7, 11) is -12.0. The van der Waals surface area contributed by atoms with E-state index in [-0.39, 0.29) is 183 Å².